The highest BCUT2D eigenvalue weighted by atomic mass is 19.1. The summed E-state index contributed by atoms with van der Waals surface area (Å²) in [6.45, 7) is 3.85. The molecule has 0 saturated carbocycles. The molecule has 17 heavy (non-hydrogen) atoms. The third-order valence-electron chi connectivity index (χ3n) is 2.60. The van der Waals surface area contributed by atoms with Crippen molar-refractivity contribution in [2.45, 2.75) is 13.8 Å². The number of rotatable bonds is 1. The van der Waals surface area contributed by atoms with Crippen molar-refractivity contribution in [1.82, 2.24) is 4.98 Å². The highest BCUT2D eigenvalue weighted by molar-refractivity contribution is 5.70. The molecule has 0 fully saturated rings. The molecule has 0 unspecified atom stereocenters. The Balaban J connectivity index is 2.69. The van der Waals surface area contributed by atoms with Gasteiger partial charge in [0.25, 0.3) is 0 Å². The summed E-state index contributed by atoms with van der Waals surface area (Å²) in [5, 5.41) is 8.99. The van der Waals surface area contributed by atoms with E-state index in [-0.39, 0.29) is 5.56 Å². The standard InChI is InChI=1S/C14H11FN2/c1-9-6-10(2)14(17-8-9)11-4-3-5-13(15)12(11)7-16/h3-6,8H,1-2H3. The molecule has 2 aromatic rings. The van der Waals surface area contributed by atoms with Crippen LogP contribution in [0.3, 0.4) is 0 Å². The second-order valence-corrected chi connectivity index (χ2v) is 3.95. The van der Waals surface area contributed by atoms with Crippen LogP contribution in [0.15, 0.2) is 30.5 Å². The molecule has 0 atom stereocenters. The van der Waals surface area contributed by atoms with Crippen LogP contribution in [0.1, 0.15) is 16.7 Å². The molecule has 1 aromatic carbocycles. The lowest BCUT2D eigenvalue weighted by Gasteiger charge is -2.08. The maximum Gasteiger partial charge on any atom is 0.141 e. The summed E-state index contributed by atoms with van der Waals surface area (Å²) < 4.78 is 13.5. The van der Waals surface area contributed by atoms with Gasteiger partial charge in [-0.1, -0.05) is 18.2 Å². The van der Waals surface area contributed by atoms with Gasteiger partial charge in [-0.3, -0.25) is 4.98 Å². The summed E-state index contributed by atoms with van der Waals surface area (Å²) in [7, 11) is 0. The van der Waals surface area contributed by atoms with Crippen molar-refractivity contribution in [3.63, 3.8) is 0 Å². The molecule has 0 amide bonds. The summed E-state index contributed by atoms with van der Waals surface area (Å²) >= 11 is 0. The summed E-state index contributed by atoms with van der Waals surface area (Å²) in [6, 6.07) is 8.44. The topological polar surface area (TPSA) is 36.7 Å². The van der Waals surface area contributed by atoms with Crippen molar-refractivity contribution in [3.8, 4) is 17.3 Å². The monoisotopic (exact) mass is 226 g/mol. The number of hydrogen-bond acceptors (Lipinski definition) is 2. The second kappa shape index (κ2) is 4.34. The van der Waals surface area contributed by atoms with E-state index in [2.05, 4.69) is 4.98 Å². The van der Waals surface area contributed by atoms with E-state index >= 15 is 0 Å². The third-order valence-corrected chi connectivity index (χ3v) is 2.60. The van der Waals surface area contributed by atoms with Gasteiger partial charge in [0.15, 0.2) is 0 Å². The van der Waals surface area contributed by atoms with E-state index in [9.17, 15) is 4.39 Å². The fourth-order valence-electron chi connectivity index (χ4n) is 1.83. The van der Waals surface area contributed by atoms with Gasteiger partial charge in [-0.15, -0.1) is 0 Å². The van der Waals surface area contributed by atoms with Crippen LogP contribution in [-0.4, -0.2) is 4.98 Å². The lowest BCUT2D eigenvalue weighted by atomic mass is 10.0. The molecule has 1 aromatic heterocycles. The van der Waals surface area contributed by atoms with Gasteiger partial charge in [-0.25, -0.2) is 4.39 Å². The first-order valence-electron chi connectivity index (χ1n) is 5.25. The number of aryl methyl sites for hydroxylation is 2. The molecule has 3 heteroatoms. The number of hydrogen-bond donors (Lipinski definition) is 0. The van der Waals surface area contributed by atoms with Crippen LogP contribution in [0.4, 0.5) is 4.39 Å². The highest BCUT2D eigenvalue weighted by Gasteiger charge is 2.12. The molecule has 0 radical (unpaired) electrons. The minimum Gasteiger partial charge on any atom is -0.256 e. The maximum atomic E-state index is 13.5. The van der Waals surface area contributed by atoms with Gasteiger partial charge >= 0.3 is 0 Å². The molecule has 0 spiro atoms. The number of halogens is 1. The Labute approximate surface area is 99.4 Å². The van der Waals surface area contributed by atoms with Crippen molar-refractivity contribution in [2.24, 2.45) is 0 Å². The molecular weight excluding hydrogens is 215 g/mol. The number of benzene rings is 1. The molecule has 0 aliphatic heterocycles. The van der Waals surface area contributed by atoms with Gasteiger partial charge in [-0.05, 0) is 31.0 Å². The molecule has 0 saturated heterocycles. The molecule has 0 aliphatic carbocycles. The summed E-state index contributed by atoms with van der Waals surface area (Å²) in [6.07, 6.45) is 1.72. The molecule has 0 bridgehead atoms. The Morgan fingerprint density at radius 2 is 2.06 bits per heavy atom. The van der Waals surface area contributed by atoms with Crippen LogP contribution in [0.5, 0.6) is 0 Å². The number of pyridine rings is 1. The predicted molar refractivity (Wildman–Crippen MR) is 63.8 cm³/mol. The van der Waals surface area contributed by atoms with Crippen LogP contribution in [-0.2, 0) is 0 Å². The smallest absolute Gasteiger partial charge is 0.141 e. The Morgan fingerprint density at radius 3 is 2.71 bits per heavy atom. The van der Waals surface area contributed by atoms with Gasteiger partial charge in [0.1, 0.15) is 11.9 Å². The predicted octanol–water partition coefficient (Wildman–Crippen LogP) is 3.38. The first-order valence-corrected chi connectivity index (χ1v) is 5.25. The zero-order chi connectivity index (χ0) is 12.4. The Hall–Kier alpha value is -2.21. The SMILES string of the molecule is Cc1cnc(-c2cccc(F)c2C#N)c(C)c1. The number of nitriles is 1. The summed E-state index contributed by atoms with van der Waals surface area (Å²) in [5.74, 6) is -0.508. The molecule has 0 N–H and O–H groups in total. The number of nitrogens with zero attached hydrogens (tertiary/aromatic N) is 2. The maximum absolute atomic E-state index is 13.5. The van der Waals surface area contributed by atoms with Crippen molar-refractivity contribution in [3.05, 3.63) is 53.0 Å². The van der Waals surface area contributed by atoms with E-state index in [0.717, 1.165) is 11.1 Å². The fraction of sp³-hybridized carbons (Fsp3) is 0.143. The highest BCUT2D eigenvalue weighted by Crippen LogP contribution is 2.26. The van der Waals surface area contributed by atoms with Crippen LogP contribution >= 0.6 is 0 Å². The van der Waals surface area contributed by atoms with E-state index in [1.54, 1.807) is 18.3 Å². The van der Waals surface area contributed by atoms with Crippen molar-refractivity contribution in [2.75, 3.05) is 0 Å². The Morgan fingerprint density at radius 1 is 1.29 bits per heavy atom. The lowest BCUT2D eigenvalue weighted by Crippen LogP contribution is -1.94. The summed E-state index contributed by atoms with van der Waals surface area (Å²) in [5.41, 5.74) is 3.23. The minimum atomic E-state index is -0.508. The molecule has 2 rings (SSSR count). The largest absolute Gasteiger partial charge is 0.256 e. The van der Waals surface area contributed by atoms with Crippen molar-refractivity contribution in [1.29, 1.82) is 5.26 Å². The first kappa shape index (κ1) is 11.3. The van der Waals surface area contributed by atoms with E-state index in [4.69, 9.17) is 5.26 Å². The van der Waals surface area contributed by atoms with Gasteiger partial charge in [0.05, 0.1) is 11.3 Å². The normalized spacial score (nSPS) is 10.0. The first-order chi connectivity index (χ1) is 8.13. The average Bonchev–Trinajstić information content (AvgIpc) is 2.29. The number of aromatic nitrogens is 1. The Bertz CT molecular complexity index is 612. The van der Waals surface area contributed by atoms with E-state index < -0.39 is 5.82 Å². The molecule has 0 aliphatic rings. The zero-order valence-corrected chi connectivity index (χ0v) is 9.66. The molecule has 84 valence electrons. The average molecular weight is 226 g/mol. The van der Waals surface area contributed by atoms with E-state index in [1.807, 2.05) is 26.0 Å². The molecular formula is C14H11FN2. The van der Waals surface area contributed by atoms with Crippen molar-refractivity contribution >= 4 is 0 Å². The quantitative estimate of drug-likeness (QED) is 0.747. The van der Waals surface area contributed by atoms with Crippen LogP contribution in [0, 0.1) is 31.0 Å². The van der Waals surface area contributed by atoms with Crippen LogP contribution in [0.2, 0.25) is 0 Å². The van der Waals surface area contributed by atoms with Crippen LogP contribution < -0.4 is 0 Å². The lowest BCUT2D eigenvalue weighted by molar-refractivity contribution is 0.624. The minimum absolute atomic E-state index is 0.0481. The second-order valence-electron chi connectivity index (χ2n) is 3.95. The van der Waals surface area contributed by atoms with Crippen LogP contribution in [0.25, 0.3) is 11.3 Å². The fourth-order valence-corrected chi connectivity index (χ4v) is 1.83. The zero-order valence-electron chi connectivity index (χ0n) is 9.66. The van der Waals surface area contributed by atoms with E-state index in [1.165, 1.54) is 6.07 Å². The van der Waals surface area contributed by atoms with Gasteiger partial charge in [0.2, 0.25) is 0 Å². The molecule has 2 nitrogen and oxygen atoms in total. The van der Waals surface area contributed by atoms with Crippen molar-refractivity contribution < 1.29 is 4.39 Å². The van der Waals surface area contributed by atoms with E-state index in [0.29, 0.717) is 11.3 Å². The summed E-state index contributed by atoms with van der Waals surface area (Å²) in [4.78, 5) is 4.28. The van der Waals surface area contributed by atoms with Gasteiger partial charge in [0, 0.05) is 11.8 Å². The Kier molecular flexibility index (Phi) is 2.88. The van der Waals surface area contributed by atoms with Gasteiger partial charge < -0.3 is 0 Å². The molecule has 1 heterocycles. The van der Waals surface area contributed by atoms with Gasteiger partial charge in [-0.2, -0.15) is 5.26 Å². The third kappa shape index (κ3) is 2.02.